The number of rotatable bonds is 4. The van der Waals surface area contributed by atoms with Gasteiger partial charge in [0.25, 0.3) is 5.91 Å². The van der Waals surface area contributed by atoms with Crippen molar-refractivity contribution >= 4 is 17.2 Å². The highest BCUT2D eigenvalue weighted by molar-refractivity contribution is 7.13. The SMILES string of the molecule is Cc1ccc(C(=O)N[C@@H](C)c2nc(-c3ccncc3)n[nH]2)s1. The van der Waals surface area contributed by atoms with E-state index in [1.807, 2.05) is 38.1 Å². The quantitative estimate of drug-likeness (QED) is 0.775. The number of nitrogens with one attached hydrogen (secondary N) is 2. The Morgan fingerprint density at radius 2 is 2.05 bits per heavy atom. The van der Waals surface area contributed by atoms with Gasteiger partial charge in [0.2, 0.25) is 0 Å². The zero-order valence-corrected chi connectivity index (χ0v) is 13.0. The van der Waals surface area contributed by atoms with Crippen molar-refractivity contribution in [1.29, 1.82) is 0 Å². The zero-order valence-electron chi connectivity index (χ0n) is 12.2. The molecule has 0 unspecified atom stereocenters. The number of amides is 1. The molecule has 3 aromatic heterocycles. The fourth-order valence-electron chi connectivity index (χ4n) is 1.99. The number of aryl methyl sites for hydroxylation is 1. The molecule has 3 rings (SSSR count). The normalized spacial score (nSPS) is 12.1. The first kappa shape index (κ1) is 14.4. The van der Waals surface area contributed by atoms with Crippen LogP contribution in [0.4, 0.5) is 0 Å². The summed E-state index contributed by atoms with van der Waals surface area (Å²) < 4.78 is 0. The maximum absolute atomic E-state index is 12.1. The monoisotopic (exact) mass is 313 g/mol. The summed E-state index contributed by atoms with van der Waals surface area (Å²) in [6.45, 7) is 3.84. The Morgan fingerprint density at radius 1 is 1.27 bits per heavy atom. The van der Waals surface area contributed by atoms with Crippen LogP contribution in [0.3, 0.4) is 0 Å². The minimum atomic E-state index is -0.252. The Kier molecular flexibility index (Phi) is 3.97. The standard InChI is InChI=1S/C15H15N5OS/c1-9-3-4-12(22-9)15(21)17-10(2)13-18-14(20-19-13)11-5-7-16-8-6-11/h3-8,10H,1-2H3,(H,17,21)(H,18,19,20)/t10-/m0/s1. The summed E-state index contributed by atoms with van der Waals surface area (Å²) in [5.74, 6) is 1.10. The van der Waals surface area contributed by atoms with Crippen molar-refractivity contribution < 1.29 is 4.79 Å². The molecule has 0 aliphatic carbocycles. The van der Waals surface area contributed by atoms with E-state index in [1.165, 1.54) is 11.3 Å². The molecule has 3 aromatic rings. The Balaban J connectivity index is 1.72. The number of carbonyl (C=O) groups is 1. The molecule has 7 heteroatoms. The molecule has 0 bridgehead atoms. The summed E-state index contributed by atoms with van der Waals surface area (Å²) >= 11 is 1.47. The van der Waals surface area contributed by atoms with Crippen LogP contribution in [0.15, 0.2) is 36.7 Å². The van der Waals surface area contributed by atoms with Crippen LogP contribution in [0, 0.1) is 6.92 Å². The number of aromatic nitrogens is 4. The van der Waals surface area contributed by atoms with Crippen LogP contribution in [0.1, 0.15) is 33.3 Å². The van der Waals surface area contributed by atoms with E-state index < -0.39 is 0 Å². The molecule has 0 fully saturated rings. The van der Waals surface area contributed by atoms with Gasteiger partial charge in [0.1, 0.15) is 5.82 Å². The van der Waals surface area contributed by atoms with E-state index in [9.17, 15) is 4.79 Å². The molecule has 2 N–H and O–H groups in total. The van der Waals surface area contributed by atoms with Crippen LogP contribution in [0.2, 0.25) is 0 Å². The fraction of sp³-hybridized carbons (Fsp3) is 0.200. The molecule has 0 aliphatic heterocycles. The smallest absolute Gasteiger partial charge is 0.261 e. The lowest BCUT2D eigenvalue weighted by atomic mass is 10.2. The highest BCUT2D eigenvalue weighted by Gasteiger charge is 2.16. The molecule has 0 aromatic carbocycles. The first-order valence-corrected chi connectivity index (χ1v) is 7.65. The summed E-state index contributed by atoms with van der Waals surface area (Å²) in [7, 11) is 0. The maximum atomic E-state index is 12.1. The third-order valence-electron chi connectivity index (χ3n) is 3.16. The van der Waals surface area contributed by atoms with Gasteiger partial charge in [-0.3, -0.25) is 14.9 Å². The average molecular weight is 313 g/mol. The molecule has 0 saturated carbocycles. The molecule has 0 saturated heterocycles. The second-order valence-electron chi connectivity index (χ2n) is 4.89. The van der Waals surface area contributed by atoms with Gasteiger partial charge in [0.15, 0.2) is 5.82 Å². The van der Waals surface area contributed by atoms with Crippen LogP contribution < -0.4 is 5.32 Å². The summed E-state index contributed by atoms with van der Waals surface area (Å²) in [6.07, 6.45) is 3.38. The third kappa shape index (κ3) is 3.04. The summed E-state index contributed by atoms with van der Waals surface area (Å²) in [4.78, 5) is 22.3. The summed E-state index contributed by atoms with van der Waals surface area (Å²) in [5.41, 5.74) is 0.880. The van der Waals surface area contributed by atoms with Crippen LogP contribution in [-0.2, 0) is 0 Å². The molecule has 1 amide bonds. The largest absolute Gasteiger partial charge is 0.342 e. The van der Waals surface area contributed by atoms with Crippen LogP contribution in [0.5, 0.6) is 0 Å². The molecule has 0 aliphatic rings. The molecule has 6 nitrogen and oxygen atoms in total. The average Bonchev–Trinajstić information content (AvgIpc) is 3.17. The van der Waals surface area contributed by atoms with E-state index in [4.69, 9.17) is 0 Å². The van der Waals surface area contributed by atoms with Crippen molar-refractivity contribution in [3.8, 4) is 11.4 Å². The van der Waals surface area contributed by atoms with Gasteiger partial charge in [0, 0.05) is 22.8 Å². The Hall–Kier alpha value is -2.54. The van der Waals surface area contributed by atoms with Gasteiger partial charge in [0.05, 0.1) is 10.9 Å². The summed E-state index contributed by atoms with van der Waals surface area (Å²) in [6, 6.07) is 7.18. The topological polar surface area (TPSA) is 83.6 Å². The second kappa shape index (κ2) is 6.07. The van der Waals surface area contributed by atoms with Crippen LogP contribution in [-0.4, -0.2) is 26.1 Å². The van der Waals surface area contributed by atoms with Gasteiger partial charge in [-0.15, -0.1) is 11.3 Å². The van der Waals surface area contributed by atoms with Crippen molar-refractivity contribution in [2.45, 2.75) is 19.9 Å². The Morgan fingerprint density at radius 3 is 2.73 bits per heavy atom. The van der Waals surface area contributed by atoms with Gasteiger partial charge in [-0.2, -0.15) is 5.10 Å². The van der Waals surface area contributed by atoms with Crippen LogP contribution in [0.25, 0.3) is 11.4 Å². The van der Waals surface area contributed by atoms with E-state index >= 15 is 0 Å². The van der Waals surface area contributed by atoms with Gasteiger partial charge in [-0.25, -0.2) is 4.98 Å². The van der Waals surface area contributed by atoms with E-state index in [0.717, 1.165) is 10.4 Å². The minimum absolute atomic E-state index is 0.104. The van der Waals surface area contributed by atoms with Crippen molar-refractivity contribution in [1.82, 2.24) is 25.5 Å². The molecule has 22 heavy (non-hydrogen) atoms. The van der Waals surface area contributed by atoms with E-state index in [2.05, 4.69) is 25.5 Å². The number of aromatic amines is 1. The number of thiophene rings is 1. The van der Waals surface area contributed by atoms with E-state index in [1.54, 1.807) is 12.4 Å². The highest BCUT2D eigenvalue weighted by Crippen LogP contribution is 2.18. The predicted molar refractivity (Wildman–Crippen MR) is 84.6 cm³/mol. The number of hydrogen-bond donors (Lipinski definition) is 2. The number of carbonyl (C=O) groups excluding carboxylic acids is 1. The maximum Gasteiger partial charge on any atom is 0.261 e. The first-order valence-electron chi connectivity index (χ1n) is 6.83. The van der Waals surface area contributed by atoms with Gasteiger partial charge < -0.3 is 5.32 Å². The lowest BCUT2D eigenvalue weighted by Crippen LogP contribution is -2.26. The fourth-order valence-corrected chi connectivity index (χ4v) is 2.76. The number of pyridine rings is 1. The molecule has 1 atom stereocenters. The van der Waals surface area contributed by atoms with Crippen LogP contribution >= 0.6 is 11.3 Å². The number of H-pyrrole nitrogens is 1. The molecular formula is C15H15N5OS. The second-order valence-corrected chi connectivity index (χ2v) is 6.17. The van der Waals surface area contributed by atoms with Gasteiger partial charge >= 0.3 is 0 Å². The van der Waals surface area contributed by atoms with Crippen molar-refractivity contribution in [3.63, 3.8) is 0 Å². The highest BCUT2D eigenvalue weighted by atomic mass is 32.1. The summed E-state index contributed by atoms with van der Waals surface area (Å²) in [5, 5.41) is 9.97. The van der Waals surface area contributed by atoms with Crippen molar-refractivity contribution in [3.05, 3.63) is 52.2 Å². The molecule has 3 heterocycles. The Labute approximate surface area is 131 Å². The molecule has 0 radical (unpaired) electrons. The Bertz CT molecular complexity index is 780. The van der Waals surface area contributed by atoms with E-state index in [0.29, 0.717) is 16.5 Å². The van der Waals surface area contributed by atoms with Crippen molar-refractivity contribution in [2.24, 2.45) is 0 Å². The molecular weight excluding hydrogens is 298 g/mol. The number of nitrogens with zero attached hydrogens (tertiary/aromatic N) is 3. The van der Waals surface area contributed by atoms with Gasteiger partial charge in [-0.1, -0.05) is 0 Å². The third-order valence-corrected chi connectivity index (χ3v) is 4.16. The van der Waals surface area contributed by atoms with Crippen molar-refractivity contribution in [2.75, 3.05) is 0 Å². The van der Waals surface area contributed by atoms with E-state index in [-0.39, 0.29) is 11.9 Å². The number of hydrogen-bond acceptors (Lipinski definition) is 5. The first-order chi connectivity index (χ1) is 10.6. The molecule has 112 valence electrons. The molecule has 0 spiro atoms. The predicted octanol–water partition coefficient (Wildman–Crippen LogP) is 2.73. The minimum Gasteiger partial charge on any atom is -0.342 e. The van der Waals surface area contributed by atoms with Gasteiger partial charge in [-0.05, 0) is 38.1 Å². The zero-order chi connectivity index (χ0) is 15.5. The lowest BCUT2D eigenvalue weighted by Gasteiger charge is -2.09. The lowest BCUT2D eigenvalue weighted by molar-refractivity contribution is 0.0942.